The highest BCUT2D eigenvalue weighted by Crippen LogP contribution is 2.44. The lowest BCUT2D eigenvalue weighted by Crippen LogP contribution is -2.37. The van der Waals surface area contributed by atoms with Gasteiger partial charge in [-0.2, -0.15) is 5.26 Å². The predicted molar refractivity (Wildman–Crippen MR) is 97.1 cm³/mol. The van der Waals surface area contributed by atoms with Crippen molar-refractivity contribution in [1.82, 2.24) is 5.32 Å². The number of carbonyl (C=O) groups excluding carboxylic acids is 1. The second kappa shape index (κ2) is 8.08. The molecule has 2 aliphatic carbocycles. The fourth-order valence-corrected chi connectivity index (χ4v) is 5.05. The van der Waals surface area contributed by atoms with E-state index in [1.54, 1.807) is 0 Å². The van der Waals surface area contributed by atoms with E-state index in [1.807, 2.05) is 6.92 Å². The Hall–Kier alpha value is -1.76. The molecule has 2 fully saturated rings. The van der Waals surface area contributed by atoms with Gasteiger partial charge in [0.2, 0.25) is 0 Å². The maximum Gasteiger partial charge on any atom is 0.336 e. The minimum absolute atomic E-state index is 0.0871. The first-order valence-corrected chi connectivity index (χ1v) is 9.87. The van der Waals surface area contributed by atoms with Crippen LogP contribution in [0.15, 0.2) is 22.5 Å². The molecule has 0 radical (unpaired) electrons. The molecule has 1 unspecified atom stereocenters. The number of hydrogen-bond donors (Lipinski definition) is 1. The maximum absolute atomic E-state index is 12.5. The molecule has 0 aromatic heterocycles. The van der Waals surface area contributed by atoms with Crippen molar-refractivity contribution in [2.24, 2.45) is 17.8 Å². The highest BCUT2D eigenvalue weighted by Gasteiger charge is 2.40. The Morgan fingerprint density at radius 2 is 1.68 bits per heavy atom. The third-order valence-electron chi connectivity index (χ3n) is 6.30. The summed E-state index contributed by atoms with van der Waals surface area (Å²) < 4.78 is 5.09. The number of nitrogens with one attached hydrogen (secondary N) is 1. The van der Waals surface area contributed by atoms with E-state index < -0.39 is 0 Å². The van der Waals surface area contributed by atoms with Gasteiger partial charge in [-0.1, -0.05) is 38.5 Å². The van der Waals surface area contributed by atoms with E-state index in [0.29, 0.717) is 17.4 Å². The Morgan fingerprint density at radius 3 is 2.24 bits per heavy atom. The van der Waals surface area contributed by atoms with E-state index in [2.05, 4.69) is 11.4 Å². The molecule has 1 N–H and O–H groups in total. The number of nitriles is 1. The molecule has 0 saturated heterocycles. The lowest BCUT2D eigenvalue weighted by molar-refractivity contribution is -0.137. The number of allylic oxidation sites excluding steroid dienone is 3. The van der Waals surface area contributed by atoms with Crippen LogP contribution < -0.4 is 5.32 Å². The molecule has 1 heterocycles. The molecule has 0 aromatic carbocycles. The zero-order valence-corrected chi connectivity index (χ0v) is 15.6. The van der Waals surface area contributed by atoms with Crippen molar-refractivity contribution in [1.29, 1.82) is 5.26 Å². The van der Waals surface area contributed by atoms with Crippen molar-refractivity contribution in [3.8, 4) is 6.07 Å². The summed E-state index contributed by atoms with van der Waals surface area (Å²) >= 11 is 0. The molecule has 4 heteroatoms. The van der Waals surface area contributed by atoms with Gasteiger partial charge in [0.05, 0.1) is 24.3 Å². The van der Waals surface area contributed by atoms with Crippen LogP contribution >= 0.6 is 0 Å². The van der Waals surface area contributed by atoms with Crippen LogP contribution in [-0.4, -0.2) is 13.1 Å². The topological polar surface area (TPSA) is 62.1 Å². The number of carbonyl (C=O) groups is 1. The SMILES string of the molecule is COC(=O)C1=C(C)NC(C2CCCCC2)=C(C#N)C1C1CCCCC1. The zero-order valence-electron chi connectivity index (χ0n) is 15.6. The Balaban J connectivity index is 2.02. The van der Waals surface area contributed by atoms with Crippen molar-refractivity contribution in [2.75, 3.05) is 7.11 Å². The van der Waals surface area contributed by atoms with E-state index in [0.717, 1.165) is 42.7 Å². The van der Waals surface area contributed by atoms with Gasteiger partial charge in [0.25, 0.3) is 0 Å². The molecule has 1 aliphatic heterocycles. The number of rotatable bonds is 3. The first kappa shape index (κ1) is 18.0. The summed E-state index contributed by atoms with van der Waals surface area (Å²) in [5.41, 5.74) is 3.49. The third kappa shape index (κ3) is 3.61. The highest BCUT2D eigenvalue weighted by atomic mass is 16.5. The number of ether oxygens (including phenoxy) is 1. The average Bonchev–Trinajstić information content (AvgIpc) is 2.67. The van der Waals surface area contributed by atoms with Gasteiger partial charge in [0, 0.05) is 23.2 Å². The van der Waals surface area contributed by atoms with Crippen molar-refractivity contribution in [2.45, 2.75) is 71.1 Å². The van der Waals surface area contributed by atoms with Crippen LogP contribution in [0.25, 0.3) is 0 Å². The van der Waals surface area contributed by atoms with E-state index in [9.17, 15) is 10.1 Å². The van der Waals surface area contributed by atoms with Crippen LogP contribution in [0, 0.1) is 29.1 Å². The second-order valence-electron chi connectivity index (χ2n) is 7.81. The summed E-state index contributed by atoms with van der Waals surface area (Å²) in [7, 11) is 1.44. The number of methoxy groups -OCH3 is 1. The number of dihydropyridines is 1. The maximum atomic E-state index is 12.5. The monoisotopic (exact) mass is 342 g/mol. The van der Waals surface area contributed by atoms with Gasteiger partial charge in [-0.05, 0) is 38.5 Å². The van der Waals surface area contributed by atoms with Gasteiger partial charge in [0.15, 0.2) is 0 Å². The Bertz CT molecular complexity index is 614. The van der Waals surface area contributed by atoms with Gasteiger partial charge in [-0.25, -0.2) is 4.79 Å². The van der Waals surface area contributed by atoms with Gasteiger partial charge in [0.1, 0.15) is 0 Å². The standard InChI is InChI=1S/C21H30N2O2/c1-14-18(21(24)25-2)19(15-9-5-3-6-10-15)17(13-22)20(23-14)16-11-7-4-8-12-16/h15-16,19,23H,3-12H2,1-2H3. The number of hydrogen-bond acceptors (Lipinski definition) is 4. The molecule has 25 heavy (non-hydrogen) atoms. The van der Waals surface area contributed by atoms with Gasteiger partial charge in [-0.15, -0.1) is 0 Å². The summed E-state index contributed by atoms with van der Waals surface area (Å²) in [4.78, 5) is 12.5. The molecule has 0 spiro atoms. The van der Waals surface area contributed by atoms with Gasteiger partial charge in [-0.3, -0.25) is 0 Å². The minimum atomic E-state index is -0.281. The third-order valence-corrected chi connectivity index (χ3v) is 6.30. The van der Waals surface area contributed by atoms with E-state index in [1.165, 1.54) is 45.6 Å². The molecule has 1 atom stereocenters. The fourth-order valence-electron chi connectivity index (χ4n) is 5.05. The molecular weight excluding hydrogens is 312 g/mol. The highest BCUT2D eigenvalue weighted by molar-refractivity contribution is 5.91. The van der Waals surface area contributed by atoms with Crippen molar-refractivity contribution >= 4 is 5.97 Å². The Morgan fingerprint density at radius 1 is 1.08 bits per heavy atom. The lowest BCUT2D eigenvalue weighted by atomic mass is 9.69. The van der Waals surface area contributed by atoms with Crippen LogP contribution in [-0.2, 0) is 9.53 Å². The smallest absolute Gasteiger partial charge is 0.336 e. The van der Waals surface area contributed by atoms with Crippen molar-refractivity contribution < 1.29 is 9.53 Å². The van der Waals surface area contributed by atoms with Crippen molar-refractivity contribution in [3.05, 3.63) is 22.5 Å². The lowest BCUT2D eigenvalue weighted by Gasteiger charge is -2.38. The molecule has 0 bridgehead atoms. The molecular formula is C21H30N2O2. The van der Waals surface area contributed by atoms with Crippen LogP contribution in [0.1, 0.15) is 71.1 Å². The molecule has 136 valence electrons. The summed E-state index contributed by atoms with van der Waals surface area (Å²) in [5, 5.41) is 13.5. The summed E-state index contributed by atoms with van der Waals surface area (Å²) in [6.45, 7) is 1.97. The molecule has 2 saturated carbocycles. The van der Waals surface area contributed by atoms with E-state index >= 15 is 0 Å². The second-order valence-corrected chi connectivity index (χ2v) is 7.81. The normalized spacial score (nSPS) is 26.2. The molecule has 3 rings (SSSR count). The predicted octanol–water partition coefficient (Wildman–Crippen LogP) is 4.59. The van der Waals surface area contributed by atoms with Crippen LogP contribution in [0.5, 0.6) is 0 Å². The molecule has 4 nitrogen and oxygen atoms in total. The summed E-state index contributed by atoms with van der Waals surface area (Å²) in [6, 6.07) is 2.50. The first-order valence-electron chi connectivity index (χ1n) is 9.87. The summed E-state index contributed by atoms with van der Waals surface area (Å²) in [6.07, 6.45) is 11.9. The van der Waals surface area contributed by atoms with Gasteiger partial charge < -0.3 is 10.1 Å². The van der Waals surface area contributed by atoms with Gasteiger partial charge >= 0.3 is 5.97 Å². The van der Waals surface area contributed by atoms with E-state index in [-0.39, 0.29) is 11.9 Å². The Kier molecular flexibility index (Phi) is 5.83. The molecule has 3 aliphatic rings. The van der Waals surface area contributed by atoms with E-state index in [4.69, 9.17) is 4.74 Å². The number of esters is 1. The summed E-state index contributed by atoms with van der Waals surface area (Å²) in [5.74, 6) is 0.448. The van der Waals surface area contributed by atoms with Crippen LogP contribution in [0.3, 0.4) is 0 Å². The zero-order chi connectivity index (χ0) is 17.8. The quantitative estimate of drug-likeness (QED) is 0.762. The average molecular weight is 342 g/mol. The number of nitrogens with zero attached hydrogens (tertiary/aromatic N) is 1. The Labute approximate surface area is 151 Å². The fraction of sp³-hybridized carbons (Fsp3) is 0.714. The minimum Gasteiger partial charge on any atom is -0.466 e. The van der Waals surface area contributed by atoms with Crippen LogP contribution in [0.4, 0.5) is 0 Å². The largest absolute Gasteiger partial charge is 0.466 e. The van der Waals surface area contributed by atoms with Crippen molar-refractivity contribution in [3.63, 3.8) is 0 Å². The molecule has 0 amide bonds. The molecule has 0 aromatic rings. The van der Waals surface area contributed by atoms with Crippen LogP contribution in [0.2, 0.25) is 0 Å². The first-order chi connectivity index (χ1) is 12.2.